The van der Waals surface area contributed by atoms with Crippen molar-refractivity contribution in [2.75, 3.05) is 59.0 Å². The Kier molecular flexibility index (Phi) is 37.6. The predicted molar refractivity (Wildman–Crippen MR) is 465 cm³/mol. The van der Waals surface area contributed by atoms with Crippen LogP contribution in [0.1, 0.15) is 180 Å². The lowest BCUT2D eigenvalue weighted by Gasteiger charge is -2.19. The van der Waals surface area contributed by atoms with Crippen LogP contribution >= 0.6 is 23.5 Å². The van der Waals surface area contributed by atoms with Crippen molar-refractivity contribution in [2.24, 2.45) is 28.2 Å². The van der Waals surface area contributed by atoms with Gasteiger partial charge in [0.1, 0.15) is 81.7 Å². The fourth-order valence-corrected chi connectivity index (χ4v) is 12.0. The van der Waals surface area contributed by atoms with E-state index in [2.05, 4.69) is 150 Å². The Morgan fingerprint density at radius 3 is 0.884 bits per heavy atom. The molecule has 28 nitrogen and oxygen atoms in total. The number of rotatable bonds is 26. The highest BCUT2D eigenvalue weighted by molar-refractivity contribution is 8.13. The first kappa shape index (κ1) is 98.4. The fourth-order valence-electron chi connectivity index (χ4n) is 11.2. The third kappa shape index (κ3) is 30.3. The molecule has 8 rings (SSSR count). The molecule has 4 aromatic heterocycles. The summed E-state index contributed by atoms with van der Waals surface area (Å²) in [7, 11) is 8.25. The number of hydrogen-bond acceptors (Lipinski definition) is 26. The smallest absolute Gasteiger partial charge is 0.468 e. The first-order chi connectivity index (χ1) is 57.1. The van der Waals surface area contributed by atoms with E-state index in [1.807, 2.05) is 138 Å². The summed E-state index contributed by atoms with van der Waals surface area (Å²) in [5, 5.41) is 55.8. The van der Waals surface area contributed by atoms with Gasteiger partial charge in [0.2, 0.25) is 27.2 Å². The number of aromatic nitrogens is 8. The van der Waals surface area contributed by atoms with Crippen LogP contribution in [0.2, 0.25) is 0 Å². The summed E-state index contributed by atoms with van der Waals surface area (Å²) in [4.78, 5) is 57.7. The average molecular weight is 1690 g/mol. The minimum atomic E-state index is -0.957. The Labute approximate surface area is 717 Å². The zero-order valence-corrected chi connectivity index (χ0v) is 74.4. The molecule has 0 spiro atoms. The lowest BCUT2D eigenvalue weighted by atomic mass is 9.86. The monoisotopic (exact) mass is 1690 g/mol. The first-order valence-electron chi connectivity index (χ1n) is 37.9. The van der Waals surface area contributed by atoms with Crippen LogP contribution in [0.5, 0.6) is 0 Å². The molecule has 0 atom stereocenters. The Morgan fingerprint density at radius 1 is 0.413 bits per heavy atom. The van der Waals surface area contributed by atoms with Gasteiger partial charge in [-0.15, -0.1) is 6.42 Å². The Morgan fingerprint density at radius 2 is 0.669 bits per heavy atom. The summed E-state index contributed by atoms with van der Waals surface area (Å²) >= 11 is 1.72. The van der Waals surface area contributed by atoms with Crippen molar-refractivity contribution in [2.45, 2.75) is 139 Å². The molecule has 0 amide bonds. The predicted octanol–water partition coefficient (Wildman–Crippen LogP) is 18.6. The van der Waals surface area contributed by atoms with Crippen molar-refractivity contribution >= 4 is 97.7 Å². The molecular weight excluding hydrogens is 1580 g/mol. The van der Waals surface area contributed by atoms with E-state index in [1.165, 1.54) is 18.7 Å². The molecule has 8 aromatic rings. The number of nitrogens with zero attached hydrogens (tertiary/aromatic N) is 12. The van der Waals surface area contributed by atoms with Crippen LogP contribution < -0.4 is 0 Å². The molecule has 0 aliphatic rings. The molecule has 0 aliphatic carbocycles. The molecular formula is C91H106N12O16S2. The van der Waals surface area contributed by atoms with E-state index in [1.54, 1.807) is 65.1 Å². The number of carbonyl (C=O) groups excluding carboxylic acids is 5. The van der Waals surface area contributed by atoms with E-state index in [-0.39, 0.29) is 70.3 Å². The zero-order chi connectivity index (χ0) is 90.1. The summed E-state index contributed by atoms with van der Waals surface area (Å²) in [6, 6.07) is 47.0. The van der Waals surface area contributed by atoms with E-state index in [4.69, 9.17) is 49.1 Å². The van der Waals surface area contributed by atoms with Crippen molar-refractivity contribution in [3.8, 4) is 36.6 Å². The number of nitriles is 4. The van der Waals surface area contributed by atoms with Crippen LogP contribution in [0.25, 0.3) is 45.3 Å². The molecule has 30 heteroatoms. The zero-order valence-electron chi connectivity index (χ0n) is 72.8. The standard InChI is InChI=1S/C23H27N3O5S.C23H27N3O4.C23H25N3O4.C22H27N3O3S/c1-15-11-19(26(5)25-15)21(30-14-31-22(28)32-13-20(27)29-6)18(12-24)16-7-9-17(10-8-16)23(2,3)4;2*1-7-12-28-22(27)30-15-29-21(20-13-16(2)25-26(20)6)19(14-24)17-8-10-18(11-9-17)23(3,4)5;1-7-29-21(26)28-14-27-20(19-12-15(2)24-25(19)6)18(13-23)16-8-10-17(11-9-16)22(3,4)5/h7-11H,13-14H2,1-6H3;7-11,13H,1,12,15H2,2-6H3;1,8-11,13H,12,15H2,2-6H3;8-12H,7,14H2,1-6H3/b21-18-;2*21-19-;20-18-. The maximum Gasteiger partial charge on any atom is 0.512 e. The number of hydrogen-bond donors (Lipinski definition) is 0. The van der Waals surface area contributed by atoms with E-state index >= 15 is 0 Å². The van der Waals surface area contributed by atoms with Gasteiger partial charge in [0, 0.05) is 33.9 Å². The first-order valence-corrected chi connectivity index (χ1v) is 39.9. The molecule has 0 saturated carbocycles. The Hall–Kier alpha value is -13.2. The third-order valence-corrected chi connectivity index (χ3v) is 18.7. The maximum atomic E-state index is 11.8. The van der Waals surface area contributed by atoms with Crippen LogP contribution in [0, 0.1) is 85.4 Å². The average Bonchev–Trinajstić information content (AvgIpc) is 1.78. The van der Waals surface area contributed by atoms with Gasteiger partial charge in [0.25, 0.3) is 0 Å². The van der Waals surface area contributed by atoms with Gasteiger partial charge in [-0.2, -0.15) is 41.4 Å². The number of methoxy groups -OCH3 is 1. The number of thioether (sulfide) groups is 2. The van der Waals surface area contributed by atoms with E-state index in [9.17, 15) is 45.0 Å². The molecule has 0 saturated heterocycles. The highest BCUT2D eigenvalue weighted by Crippen LogP contribution is 2.36. The number of allylic oxidation sites excluding steroid dienone is 4. The number of aryl methyl sites for hydroxylation is 8. The van der Waals surface area contributed by atoms with Crippen LogP contribution in [0.3, 0.4) is 0 Å². The van der Waals surface area contributed by atoms with Crippen molar-refractivity contribution in [1.82, 2.24) is 39.1 Å². The Bertz CT molecular complexity index is 5270. The largest absolute Gasteiger partial charge is 0.512 e. The molecule has 0 radical (unpaired) electrons. The minimum Gasteiger partial charge on any atom is -0.468 e. The molecule has 0 bridgehead atoms. The third-order valence-electron chi connectivity index (χ3n) is 17.4. The second-order valence-corrected chi connectivity index (χ2v) is 32.9. The molecule has 0 unspecified atom stereocenters. The van der Waals surface area contributed by atoms with Gasteiger partial charge in [-0.25, -0.2) is 19.2 Å². The molecule has 638 valence electrons. The van der Waals surface area contributed by atoms with Gasteiger partial charge < -0.3 is 52.1 Å². The van der Waals surface area contributed by atoms with Crippen LogP contribution in [0.4, 0.5) is 19.2 Å². The number of carbonyl (C=O) groups is 5. The van der Waals surface area contributed by atoms with Crippen molar-refractivity contribution in [1.29, 1.82) is 21.0 Å². The number of ether oxygens (including phenoxy) is 11. The fraction of sp³-hybridized carbons (Fsp3) is 0.374. The number of terminal acetylenes is 1. The second kappa shape index (κ2) is 46.2. The maximum absolute atomic E-state index is 11.8. The molecule has 0 aliphatic heterocycles. The number of benzene rings is 4. The van der Waals surface area contributed by atoms with Crippen molar-refractivity contribution in [3.05, 3.63) is 224 Å². The van der Waals surface area contributed by atoms with E-state index < -0.39 is 49.3 Å². The minimum absolute atomic E-state index is 0.00678. The second-order valence-electron chi connectivity index (χ2n) is 30.8. The van der Waals surface area contributed by atoms with Gasteiger partial charge in [0.05, 0.1) is 29.9 Å². The van der Waals surface area contributed by atoms with Gasteiger partial charge in [-0.05, 0) is 142 Å². The van der Waals surface area contributed by atoms with Gasteiger partial charge in [-0.3, -0.25) is 23.5 Å². The quantitative estimate of drug-likeness (QED) is 0.00924. The van der Waals surface area contributed by atoms with Crippen LogP contribution in [0.15, 0.2) is 134 Å². The summed E-state index contributed by atoms with van der Waals surface area (Å²) in [5.74, 6) is 3.16. The lowest BCUT2D eigenvalue weighted by molar-refractivity contribution is -0.137. The van der Waals surface area contributed by atoms with Crippen molar-refractivity contribution < 1.29 is 76.1 Å². The molecule has 0 fully saturated rings. The summed E-state index contributed by atoms with van der Waals surface area (Å²) in [5.41, 5.74) is 14.0. The van der Waals surface area contributed by atoms with E-state index in [0.29, 0.717) is 79.5 Å². The normalized spacial score (nSPS) is 11.9. The van der Waals surface area contributed by atoms with Crippen molar-refractivity contribution in [3.63, 3.8) is 0 Å². The van der Waals surface area contributed by atoms with Gasteiger partial charge >= 0.3 is 28.9 Å². The Balaban J connectivity index is 0.000000287. The summed E-state index contributed by atoms with van der Waals surface area (Å²) < 4.78 is 63.3. The topological polar surface area (TPSA) is 353 Å². The molecule has 4 heterocycles. The highest BCUT2D eigenvalue weighted by Gasteiger charge is 2.27. The summed E-state index contributed by atoms with van der Waals surface area (Å²) in [6.07, 6.45) is 4.63. The molecule has 4 aromatic carbocycles. The lowest BCUT2D eigenvalue weighted by Crippen LogP contribution is -2.12. The highest BCUT2D eigenvalue weighted by atomic mass is 32.2. The van der Waals surface area contributed by atoms with Gasteiger partial charge in [0.15, 0.2) is 29.6 Å². The van der Waals surface area contributed by atoms with Crippen LogP contribution in [-0.2, 0) is 107 Å². The summed E-state index contributed by atoms with van der Waals surface area (Å²) in [6.45, 7) is 36.4. The van der Waals surface area contributed by atoms with E-state index in [0.717, 1.165) is 56.8 Å². The molecule has 121 heavy (non-hydrogen) atoms. The van der Waals surface area contributed by atoms with Gasteiger partial charge in [-0.1, -0.05) is 206 Å². The SMILES string of the molecule is C#CCOC(=O)OCO/C(=C(/C#N)c1ccc(C(C)(C)C)cc1)c1cc(C)nn1C.C=CCOC(=O)OCO/C(=C(/C#N)c1ccc(C(C)(C)C)cc1)c1cc(C)nn1C.CCSC(=O)OCO/C(=C(/C#N)c1ccc(C(C)(C)C)cc1)c1cc(C)nn1C.COC(=O)CSC(=O)OCO/C(=C(/C#N)c1ccc(C(C)(C)C)cc1)c1cc(C)nn1C. The van der Waals surface area contributed by atoms with Crippen LogP contribution in [-0.4, -0.2) is 127 Å². The number of esters is 1. The molecule has 0 N–H and O–H groups in total.